The summed E-state index contributed by atoms with van der Waals surface area (Å²) in [5, 5.41) is 2.72. The predicted molar refractivity (Wildman–Crippen MR) is 75.4 cm³/mol. The summed E-state index contributed by atoms with van der Waals surface area (Å²) in [6, 6.07) is 5.03. The van der Waals surface area contributed by atoms with Gasteiger partial charge in [0.1, 0.15) is 11.9 Å². The number of nitrogens with two attached hydrogens (primary N) is 1. The van der Waals surface area contributed by atoms with Gasteiger partial charge in [0, 0.05) is 18.7 Å². The van der Waals surface area contributed by atoms with E-state index in [1.54, 1.807) is 18.2 Å². The van der Waals surface area contributed by atoms with E-state index in [1.807, 2.05) is 20.8 Å². The summed E-state index contributed by atoms with van der Waals surface area (Å²) in [4.78, 5) is 11.6. The zero-order chi connectivity index (χ0) is 14.3. The molecule has 0 aliphatic rings. The van der Waals surface area contributed by atoms with Gasteiger partial charge >= 0.3 is 0 Å². The van der Waals surface area contributed by atoms with Gasteiger partial charge in [-0.3, -0.25) is 4.79 Å². The van der Waals surface area contributed by atoms with Crippen molar-refractivity contribution in [2.45, 2.75) is 26.9 Å². The molecule has 0 aliphatic heterocycles. The highest BCUT2D eigenvalue weighted by molar-refractivity contribution is 5.95. The third-order valence-corrected chi connectivity index (χ3v) is 2.49. The third kappa shape index (κ3) is 4.79. The normalized spacial score (nSPS) is 11.9. The molecular formula is C14H22N2O3. The van der Waals surface area contributed by atoms with E-state index in [4.69, 9.17) is 15.2 Å². The topological polar surface area (TPSA) is 73.6 Å². The highest BCUT2D eigenvalue weighted by atomic mass is 16.5. The van der Waals surface area contributed by atoms with Crippen LogP contribution in [0, 0.1) is 0 Å². The number of amides is 1. The number of anilines is 1. The molecule has 1 aromatic rings. The van der Waals surface area contributed by atoms with Crippen molar-refractivity contribution in [3.8, 4) is 5.75 Å². The maximum atomic E-state index is 11.6. The quantitative estimate of drug-likeness (QED) is 0.738. The van der Waals surface area contributed by atoms with E-state index in [0.29, 0.717) is 36.8 Å². The van der Waals surface area contributed by atoms with Crippen molar-refractivity contribution >= 4 is 11.6 Å². The largest absolute Gasteiger partial charge is 0.486 e. The smallest absolute Gasteiger partial charge is 0.251 e. The van der Waals surface area contributed by atoms with Crippen LogP contribution in [0.25, 0.3) is 0 Å². The second-order valence-electron chi connectivity index (χ2n) is 4.20. The monoisotopic (exact) mass is 266 g/mol. The Hall–Kier alpha value is -1.75. The first-order valence-corrected chi connectivity index (χ1v) is 6.50. The maximum Gasteiger partial charge on any atom is 0.251 e. The summed E-state index contributed by atoms with van der Waals surface area (Å²) >= 11 is 0. The summed E-state index contributed by atoms with van der Waals surface area (Å²) in [5.41, 5.74) is 6.87. The van der Waals surface area contributed by atoms with Crippen LogP contribution < -0.4 is 15.8 Å². The first-order valence-electron chi connectivity index (χ1n) is 6.50. The first-order chi connectivity index (χ1) is 9.08. The molecule has 5 heteroatoms. The lowest BCUT2D eigenvalue weighted by molar-refractivity contribution is 0.0661. The molecule has 1 rings (SSSR count). The van der Waals surface area contributed by atoms with Gasteiger partial charge < -0.3 is 20.5 Å². The molecular weight excluding hydrogens is 244 g/mol. The second kappa shape index (κ2) is 7.63. The Morgan fingerprint density at radius 1 is 1.42 bits per heavy atom. The van der Waals surface area contributed by atoms with E-state index in [1.165, 1.54) is 0 Å². The first kappa shape index (κ1) is 15.3. The third-order valence-electron chi connectivity index (χ3n) is 2.49. The van der Waals surface area contributed by atoms with Gasteiger partial charge in [0.05, 0.1) is 12.3 Å². The summed E-state index contributed by atoms with van der Waals surface area (Å²) in [6.07, 6.45) is -0.0856. The fraction of sp³-hybridized carbons (Fsp3) is 0.500. The molecule has 0 saturated carbocycles. The molecule has 106 valence electrons. The molecule has 1 unspecified atom stereocenters. The van der Waals surface area contributed by atoms with Gasteiger partial charge in [0.2, 0.25) is 0 Å². The lowest BCUT2D eigenvalue weighted by Crippen LogP contribution is -2.23. The average molecular weight is 266 g/mol. The lowest BCUT2D eigenvalue weighted by atomic mass is 10.1. The van der Waals surface area contributed by atoms with Gasteiger partial charge in [-0.2, -0.15) is 0 Å². The van der Waals surface area contributed by atoms with E-state index in [2.05, 4.69) is 5.32 Å². The van der Waals surface area contributed by atoms with Gasteiger partial charge in [0.15, 0.2) is 0 Å². The molecule has 0 aromatic heterocycles. The molecule has 0 heterocycles. The highest BCUT2D eigenvalue weighted by Crippen LogP contribution is 2.23. The summed E-state index contributed by atoms with van der Waals surface area (Å²) < 4.78 is 10.9. The summed E-state index contributed by atoms with van der Waals surface area (Å²) in [7, 11) is 0. The number of carbonyl (C=O) groups is 1. The zero-order valence-corrected chi connectivity index (χ0v) is 11.7. The molecule has 19 heavy (non-hydrogen) atoms. The number of rotatable bonds is 7. The van der Waals surface area contributed by atoms with E-state index in [9.17, 15) is 4.79 Å². The Morgan fingerprint density at radius 2 is 2.16 bits per heavy atom. The van der Waals surface area contributed by atoms with Crippen LogP contribution in [0.15, 0.2) is 18.2 Å². The number of nitrogen functional groups attached to an aromatic ring is 1. The van der Waals surface area contributed by atoms with E-state index in [-0.39, 0.29) is 12.0 Å². The van der Waals surface area contributed by atoms with Crippen LogP contribution >= 0.6 is 0 Å². The molecule has 5 nitrogen and oxygen atoms in total. The van der Waals surface area contributed by atoms with Crippen molar-refractivity contribution in [3.63, 3.8) is 0 Å². The Balaban J connectivity index is 2.69. The Bertz CT molecular complexity index is 421. The summed E-state index contributed by atoms with van der Waals surface area (Å²) in [5.74, 6) is 0.434. The van der Waals surface area contributed by atoms with E-state index < -0.39 is 0 Å². The number of hydrogen-bond donors (Lipinski definition) is 2. The molecule has 1 amide bonds. The standard InChI is InChI=1S/C14H22N2O3/c1-4-16-14(17)11-6-7-13(12(15)8-11)19-10(3)9-18-5-2/h6-8,10H,4-5,9,15H2,1-3H3,(H,16,17). The van der Waals surface area contributed by atoms with Crippen molar-refractivity contribution in [1.29, 1.82) is 0 Å². The highest BCUT2D eigenvalue weighted by Gasteiger charge is 2.10. The predicted octanol–water partition coefficient (Wildman–Crippen LogP) is 1.82. The minimum Gasteiger partial charge on any atom is -0.486 e. The average Bonchev–Trinajstić information content (AvgIpc) is 2.39. The minimum absolute atomic E-state index is 0.0856. The van der Waals surface area contributed by atoms with Gasteiger partial charge in [-0.25, -0.2) is 0 Å². The van der Waals surface area contributed by atoms with Crippen LogP contribution in [0.4, 0.5) is 5.69 Å². The number of hydrogen-bond acceptors (Lipinski definition) is 4. The zero-order valence-electron chi connectivity index (χ0n) is 11.7. The van der Waals surface area contributed by atoms with Crippen molar-refractivity contribution in [1.82, 2.24) is 5.32 Å². The molecule has 1 atom stereocenters. The van der Waals surface area contributed by atoms with Crippen molar-refractivity contribution < 1.29 is 14.3 Å². The lowest BCUT2D eigenvalue weighted by Gasteiger charge is -2.16. The van der Waals surface area contributed by atoms with Gasteiger partial charge in [-0.15, -0.1) is 0 Å². The number of nitrogens with one attached hydrogen (secondary N) is 1. The second-order valence-corrected chi connectivity index (χ2v) is 4.20. The van der Waals surface area contributed by atoms with Gasteiger partial charge in [0.25, 0.3) is 5.91 Å². The van der Waals surface area contributed by atoms with Crippen molar-refractivity contribution in [2.75, 3.05) is 25.5 Å². The fourth-order valence-electron chi connectivity index (χ4n) is 1.59. The van der Waals surface area contributed by atoms with Crippen LogP contribution in [0.5, 0.6) is 5.75 Å². The van der Waals surface area contributed by atoms with Gasteiger partial charge in [-0.1, -0.05) is 0 Å². The van der Waals surface area contributed by atoms with Crippen molar-refractivity contribution in [2.24, 2.45) is 0 Å². The van der Waals surface area contributed by atoms with Crippen LogP contribution in [0.3, 0.4) is 0 Å². The van der Waals surface area contributed by atoms with E-state index in [0.717, 1.165) is 0 Å². The fourth-order valence-corrected chi connectivity index (χ4v) is 1.59. The van der Waals surface area contributed by atoms with Crippen LogP contribution in [-0.4, -0.2) is 31.8 Å². The molecule has 1 aromatic carbocycles. The molecule has 0 saturated heterocycles. The molecule has 0 spiro atoms. The Kier molecular flexibility index (Phi) is 6.15. The Labute approximate surface area is 114 Å². The Morgan fingerprint density at radius 3 is 2.74 bits per heavy atom. The minimum atomic E-state index is -0.136. The maximum absolute atomic E-state index is 11.6. The molecule has 0 bridgehead atoms. The SMILES string of the molecule is CCNC(=O)c1ccc(OC(C)COCC)c(N)c1. The summed E-state index contributed by atoms with van der Waals surface area (Å²) in [6.45, 7) is 7.46. The molecule has 0 fully saturated rings. The molecule has 0 radical (unpaired) electrons. The van der Waals surface area contributed by atoms with E-state index >= 15 is 0 Å². The molecule has 3 N–H and O–H groups in total. The molecule has 0 aliphatic carbocycles. The van der Waals surface area contributed by atoms with Crippen LogP contribution in [0.2, 0.25) is 0 Å². The number of carbonyl (C=O) groups excluding carboxylic acids is 1. The van der Waals surface area contributed by atoms with Crippen LogP contribution in [-0.2, 0) is 4.74 Å². The van der Waals surface area contributed by atoms with Crippen molar-refractivity contribution in [3.05, 3.63) is 23.8 Å². The van der Waals surface area contributed by atoms with Crippen LogP contribution in [0.1, 0.15) is 31.1 Å². The number of ether oxygens (including phenoxy) is 2. The number of benzene rings is 1. The van der Waals surface area contributed by atoms with Gasteiger partial charge in [-0.05, 0) is 39.0 Å².